The maximum Gasteiger partial charge on any atom is 0.326 e. The quantitative estimate of drug-likeness (QED) is 0.0861. The Morgan fingerprint density at radius 1 is 1.07 bits per heavy atom. The van der Waals surface area contributed by atoms with Crippen molar-refractivity contribution in [2.24, 2.45) is 22.2 Å². The molecule has 166 valence electrons. The third-order valence-electron chi connectivity index (χ3n) is 3.66. The molecule has 0 radical (unpaired) electrons. The summed E-state index contributed by atoms with van der Waals surface area (Å²) in [5.74, 6) is -2.41. The fourth-order valence-corrected chi connectivity index (χ4v) is 2.58. The normalized spacial score (nSPS) is 13.5. The fourth-order valence-electron chi connectivity index (χ4n) is 2.10. The first-order valence-corrected chi connectivity index (χ1v) is 10.4. The molecule has 0 saturated carbocycles. The Morgan fingerprint density at radius 2 is 1.72 bits per heavy atom. The zero-order valence-electron chi connectivity index (χ0n) is 16.6. The van der Waals surface area contributed by atoms with Crippen LogP contribution in [0.5, 0.6) is 0 Å². The van der Waals surface area contributed by atoms with Crippen LogP contribution in [0.2, 0.25) is 0 Å². The molecule has 29 heavy (non-hydrogen) atoms. The van der Waals surface area contributed by atoms with Gasteiger partial charge in [-0.15, -0.1) is 0 Å². The molecule has 0 fully saturated rings. The smallest absolute Gasteiger partial charge is 0.326 e. The van der Waals surface area contributed by atoms with Gasteiger partial charge in [0.05, 0.1) is 12.6 Å². The molecule has 3 atom stereocenters. The molecule has 13 heteroatoms. The van der Waals surface area contributed by atoms with Crippen molar-refractivity contribution in [3.05, 3.63) is 0 Å². The maximum absolute atomic E-state index is 12.3. The monoisotopic (exact) mass is 433 g/mol. The summed E-state index contributed by atoms with van der Waals surface area (Å²) in [6.45, 7) is 1.29. The molecule has 0 saturated heterocycles. The van der Waals surface area contributed by atoms with E-state index in [0.29, 0.717) is 18.6 Å². The third-order valence-corrected chi connectivity index (χ3v) is 4.30. The van der Waals surface area contributed by atoms with E-state index in [9.17, 15) is 24.3 Å². The number of guanidine groups is 1. The highest BCUT2D eigenvalue weighted by Gasteiger charge is 2.23. The number of nitrogens with one attached hydrogen (secondary N) is 3. The Bertz CT molecular complexity index is 596. The minimum Gasteiger partial charge on any atom is -0.480 e. The number of carbonyl (C=O) groups excluding carboxylic acids is 3. The molecule has 0 aromatic heterocycles. The lowest BCUT2D eigenvalue weighted by atomic mass is 10.1. The zero-order chi connectivity index (χ0) is 22.4. The lowest BCUT2D eigenvalue weighted by Crippen LogP contribution is -2.53. The number of nitrogens with zero attached hydrogens (tertiary/aromatic N) is 1. The maximum atomic E-state index is 12.3. The minimum absolute atomic E-state index is 0.101. The molecule has 3 amide bonds. The van der Waals surface area contributed by atoms with E-state index in [2.05, 4.69) is 20.9 Å². The number of carboxylic acid groups (broad SMARTS) is 1. The van der Waals surface area contributed by atoms with Crippen molar-refractivity contribution in [2.75, 3.05) is 25.1 Å². The Kier molecular flexibility index (Phi) is 13.2. The average molecular weight is 434 g/mol. The number of rotatable bonds is 14. The van der Waals surface area contributed by atoms with Crippen molar-refractivity contribution < 1.29 is 24.3 Å². The molecule has 12 nitrogen and oxygen atoms in total. The van der Waals surface area contributed by atoms with E-state index in [0.717, 1.165) is 0 Å². The van der Waals surface area contributed by atoms with Crippen molar-refractivity contribution in [1.82, 2.24) is 16.0 Å². The van der Waals surface area contributed by atoms with Crippen LogP contribution in [0.15, 0.2) is 4.99 Å². The SMILES string of the molecule is CSCCC(NC(=O)C(C)N)C(=O)NCC(=O)NC(CCCN=C(N)N)C(=O)O. The summed E-state index contributed by atoms with van der Waals surface area (Å²) in [5.41, 5.74) is 15.9. The van der Waals surface area contributed by atoms with Crippen LogP contribution in [0.1, 0.15) is 26.2 Å². The van der Waals surface area contributed by atoms with Gasteiger partial charge < -0.3 is 38.3 Å². The fraction of sp³-hybridized carbons (Fsp3) is 0.688. The molecule has 0 heterocycles. The van der Waals surface area contributed by atoms with E-state index in [4.69, 9.17) is 17.2 Å². The lowest BCUT2D eigenvalue weighted by molar-refractivity contribution is -0.142. The van der Waals surface area contributed by atoms with Gasteiger partial charge in [-0.1, -0.05) is 0 Å². The molecule has 0 aromatic rings. The second kappa shape index (κ2) is 14.5. The number of nitrogens with two attached hydrogens (primary N) is 3. The minimum atomic E-state index is -1.21. The van der Waals surface area contributed by atoms with Gasteiger partial charge in [0.2, 0.25) is 17.7 Å². The number of aliphatic imine (C=N–C) groups is 1. The van der Waals surface area contributed by atoms with E-state index in [1.165, 1.54) is 18.7 Å². The summed E-state index contributed by atoms with van der Waals surface area (Å²) in [4.78, 5) is 51.1. The predicted octanol–water partition coefficient (Wildman–Crippen LogP) is -2.69. The molecular formula is C16H31N7O5S. The lowest BCUT2D eigenvalue weighted by Gasteiger charge is -2.20. The van der Waals surface area contributed by atoms with Gasteiger partial charge in [0.15, 0.2) is 5.96 Å². The number of hydrogen-bond acceptors (Lipinski definition) is 7. The Balaban J connectivity index is 4.62. The zero-order valence-corrected chi connectivity index (χ0v) is 17.5. The van der Waals surface area contributed by atoms with Gasteiger partial charge >= 0.3 is 5.97 Å². The van der Waals surface area contributed by atoms with Crippen LogP contribution in [-0.2, 0) is 19.2 Å². The van der Waals surface area contributed by atoms with Crippen molar-refractivity contribution in [2.45, 2.75) is 44.3 Å². The summed E-state index contributed by atoms with van der Waals surface area (Å²) in [5, 5.41) is 16.4. The molecule has 0 aliphatic carbocycles. The van der Waals surface area contributed by atoms with Crippen LogP contribution in [0, 0.1) is 0 Å². The van der Waals surface area contributed by atoms with Gasteiger partial charge in [-0.25, -0.2) is 4.79 Å². The van der Waals surface area contributed by atoms with E-state index < -0.39 is 48.4 Å². The summed E-state index contributed by atoms with van der Waals surface area (Å²) in [6, 6.07) is -2.76. The van der Waals surface area contributed by atoms with Crippen LogP contribution in [0.4, 0.5) is 0 Å². The number of hydrogen-bond donors (Lipinski definition) is 7. The van der Waals surface area contributed by atoms with Crippen LogP contribution in [0.3, 0.4) is 0 Å². The molecule has 0 aromatic carbocycles. The number of amides is 3. The Hall–Kier alpha value is -2.54. The average Bonchev–Trinajstić information content (AvgIpc) is 2.64. The molecule has 0 bridgehead atoms. The highest BCUT2D eigenvalue weighted by molar-refractivity contribution is 7.98. The summed E-state index contributed by atoms with van der Waals surface area (Å²) in [7, 11) is 0. The number of aliphatic carboxylic acids is 1. The van der Waals surface area contributed by atoms with Gasteiger partial charge in [-0.2, -0.15) is 11.8 Å². The van der Waals surface area contributed by atoms with Gasteiger partial charge in [0.1, 0.15) is 12.1 Å². The van der Waals surface area contributed by atoms with E-state index in [1.54, 1.807) is 0 Å². The van der Waals surface area contributed by atoms with Gasteiger partial charge in [-0.05, 0) is 38.2 Å². The van der Waals surface area contributed by atoms with E-state index >= 15 is 0 Å². The van der Waals surface area contributed by atoms with Crippen LogP contribution in [-0.4, -0.2) is 78.0 Å². The highest BCUT2D eigenvalue weighted by atomic mass is 32.2. The molecule has 0 spiro atoms. The second-order valence-electron chi connectivity index (χ2n) is 6.26. The number of thioether (sulfide) groups is 1. The van der Waals surface area contributed by atoms with Gasteiger partial charge in [0.25, 0.3) is 0 Å². The summed E-state index contributed by atoms with van der Waals surface area (Å²) < 4.78 is 0. The molecule has 0 aliphatic heterocycles. The highest BCUT2D eigenvalue weighted by Crippen LogP contribution is 2.02. The van der Waals surface area contributed by atoms with Crippen molar-refractivity contribution >= 4 is 41.4 Å². The third kappa shape index (κ3) is 12.5. The van der Waals surface area contributed by atoms with Gasteiger partial charge in [0, 0.05) is 6.54 Å². The van der Waals surface area contributed by atoms with Crippen LogP contribution < -0.4 is 33.2 Å². The van der Waals surface area contributed by atoms with Crippen LogP contribution >= 0.6 is 11.8 Å². The Morgan fingerprint density at radius 3 is 2.24 bits per heavy atom. The van der Waals surface area contributed by atoms with Crippen molar-refractivity contribution in [3.8, 4) is 0 Å². The molecule has 0 rings (SSSR count). The topological polar surface area (TPSA) is 215 Å². The molecule has 3 unspecified atom stereocenters. The van der Waals surface area contributed by atoms with Gasteiger partial charge in [-0.3, -0.25) is 19.4 Å². The van der Waals surface area contributed by atoms with E-state index in [-0.39, 0.29) is 18.9 Å². The number of carboxylic acids is 1. The second-order valence-corrected chi connectivity index (χ2v) is 7.24. The standard InChI is InChI=1S/C16H31N7O5S/c1-9(17)13(25)23-10(5-7-29-2)14(26)21-8-12(24)22-11(15(27)28)4-3-6-20-16(18)19/h9-11H,3-8,17H2,1-2H3,(H,21,26)(H,22,24)(H,23,25)(H,27,28)(H4,18,19,20). The predicted molar refractivity (Wildman–Crippen MR) is 111 cm³/mol. The first-order chi connectivity index (χ1) is 13.6. The largest absolute Gasteiger partial charge is 0.480 e. The Labute approximate surface area is 173 Å². The molecule has 10 N–H and O–H groups in total. The van der Waals surface area contributed by atoms with Crippen molar-refractivity contribution in [3.63, 3.8) is 0 Å². The van der Waals surface area contributed by atoms with E-state index in [1.807, 2.05) is 6.26 Å². The molecule has 0 aliphatic rings. The first kappa shape index (κ1) is 26.5. The molecular weight excluding hydrogens is 402 g/mol. The van der Waals surface area contributed by atoms with Crippen molar-refractivity contribution in [1.29, 1.82) is 0 Å². The van der Waals surface area contributed by atoms with Crippen LogP contribution in [0.25, 0.3) is 0 Å². The first-order valence-electron chi connectivity index (χ1n) is 8.98. The summed E-state index contributed by atoms with van der Waals surface area (Å²) in [6.07, 6.45) is 2.68. The summed E-state index contributed by atoms with van der Waals surface area (Å²) >= 11 is 1.50. The number of carbonyl (C=O) groups is 4.